The first-order valence-corrected chi connectivity index (χ1v) is 5.99. The van der Waals surface area contributed by atoms with Gasteiger partial charge in [0, 0.05) is 5.56 Å². The van der Waals surface area contributed by atoms with Gasteiger partial charge in [-0.3, -0.25) is 0 Å². The van der Waals surface area contributed by atoms with Crippen molar-refractivity contribution in [1.29, 1.82) is 0 Å². The number of hydrogen-bond donors (Lipinski definition) is 2. The van der Waals surface area contributed by atoms with Crippen LogP contribution in [0.25, 0.3) is 5.57 Å². The van der Waals surface area contributed by atoms with Gasteiger partial charge in [0.2, 0.25) is 0 Å². The first-order valence-electron chi connectivity index (χ1n) is 5.99. The van der Waals surface area contributed by atoms with Gasteiger partial charge in [0.1, 0.15) is 17.5 Å². The number of carboxylic acid groups (broad SMARTS) is 1. The molecule has 0 saturated carbocycles. The van der Waals surface area contributed by atoms with Gasteiger partial charge in [0.05, 0.1) is 23.9 Å². The number of carboxylic acids is 1. The predicted molar refractivity (Wildman–Crippen MR) is 68.3 cm³/mol. The van der Waals surface area contributed by atoms with Gasteiger partial charge in [-0.1, -0.05) is 0 Å². The van der Waals surface area contributed by atoms with E-state index in [4.69, 9.17) is 0 Å². The van der Waals surface area contributed by atoms with Crippen LogP contribution in [-0.2, 0) is 16.0 Å². The third-order valence-electron chi connectivity index (χ3n) is 3.59. The Hall–Kier alpha value is -2.43. The average molecular weight is 275 g/mol. The van der Waals surface area contributed by atoms with Crippen LogP contribution in [0.1, 0.15) is 11.1 Å². The summed E-state index contributed by atoms with van der Waals surface area (Å²) < 4.78 is 13.6. The molecule has 6 heteroatoms. The van der Waals surface area contributed by atoms with Crippen LogP contribution in [0.15, 0.2) is 23.9 Å². The molecular formula is C14H10FNO4. The van der Waals surface area contributed by atoms with Gasteiger partial charge in [0.15, 0.2) is 0 Å². The molecule has 5 nitrogen and oxygen atoms in total. The Balaban J connectivity index is 2.32. The number of aliphatic hydroxyl groups excluding tert-OH is 1. The van der Waals surface area contributed by atoms with Crippen LogP contribution in [0.3, 0.4) is 0 Å². The summed E-state index contributed by atoms with van der Waals surface area (Å²) in [4.78, 5) is 23.8. The molecule has 0 fully saturated rings. The van der Waals surface area contributed by atoms with Crippen molar-refractivity contribution in [1.82, 2.24) is 0 Å². The number of rotatable bonds is 2. The maximum atomic E-state index is 13.6. The number of aliphatic hydroxyl groups is 1. The van der Waals surface area contributed by atoms with Gasteiger partial charge in [0.25, 0.3) is 0 Å². The van der Waals surface area contributed by atoms with E-state index in [0.29, 0.717) is 23.2 Å². The molecule has 0 aromatic heterocycles. The number of allylic oxidation sites excluding steroid dienone is 2. The molecule has 2 heterocycles. The molecule has 0 amide bonds. The van der Waals surface area contributed by atoms with Gasteiger partial charge in [-0.2, -0.15) is 0 Å². The number of anilines is 1. The van der Waals surface area contributed by atoms with Crippen LogP contribution in [0.5, 0.6) is 0 Å². The summed E-state index contributed by atoms with van der Waals surface area (Å²) in [5.41, 5.74) is 1.27. The Kier molecular flexibility index (Phi) is 2.71. The van der Waals surface area contributed by atoms with E-state index in [2.05, 4.69) is 0 Å². The first-order chi connectivity index (χ1) is 9.56. The highest BCUT2D eigenvalue weighted by molar-refractivity contribution is 6.07. The van der Waals surface area contributed by atoms with E-state index in [1.165, 1.54) is 17.0 Å². The normalized spacial score (nSPS) is 19.5. The molecule has 2 aliphatic heterocycles. The second-order valence-corrected chi connectivity index (χ2v) is 4.72. The quantitative estimate of drug-likeness (QED) is 0.779. The van der Waals surface area contributed by atoms with Crippen LogP contribution in [0.2, 0.25) is 0 Å². The van der Waals surface area contributed by atoms with E-state index in [-0.39, 0.29) is 17.9 Å². The molecule has 1 aromatic carbocycles. The highest BCUT2D eigenvalue weighted by atomic mass is 19.1. The molecule has 2 N–H and O–H groups in total. The number of carbonyl (C=O) groups excluding carboxylic acids is 1. The first kappa shape index (κ1) is 12.6. The minimum absolute atomic E-state index is 0.00740. The van der Waals surface area contributed by atoms with Gasteiger partial charge >= 0.3 is 5.97 Å². The standard InChI is InChI=1S/C14H10FNO4/c15-9-1-7-2-10(6-18)16-12(14(19)20)3-8(5-17)11(4-9)13(7)16/h1,3-4,10,18H,2,6H2,(H,19,20). The molecule has 0 spiro atoms. The Morgan fingerprint density at radius 3 is 2.85 bits per heavy atom. The zero-order valence-corrected chi connectivity index (χ0v) is 10.3. The SMILES string of the molecule is O=C=C1C=C(C(=O)O)N2c3c(cc(F)cc31)CC2CO. The average Bonchev–Trinajstić information content (AvgIpc) is 2.78. The van der Waals surface area contributed by atoms with E-state index in [9.17, 15) is 24.2 Å². The molecule has 0 aliphatic carbocycles. The second-order valence-electron chi connectivity index (χ2n) is 4.72. The fraction of sp³-hybridized carbons (Fsp3) is 0.214. The van der Waals surface area contributed by atoms with Gasteiger partial charge in [-0.15, -0.1) is 0 Å². The topological polar surface area (TPSA) is 77.8 Å². The molecule has 0 saturated heterocycles. The molecule has 0 bridgehead atoms. The largest absolute Gasteiger partial charge is 0.477 e. The molecule has 1 aromatic rings. The molecule has 20 heavy (non-hydrogen) atoms. The maximum Gasteiger partial charge on any atom is 0.352 e. The predicted octanol–water partition coefficient (Wildman–Crippen LogP) is 0.746. The van der Waals surface area contributed by atoms with Gasteiger partial charge < -0.3 is 15.1 Å². The van der Waals surface area contributed by atoms with Crippen molar-refractivity contribution < 1.29 is 24.2 Å². The number of benzene rings is 1. The summed E-state index contributed by atoms with van der Waals surface area (Å²) in [5.74, 6) is -0.0601. The van der Waals surface area contributed by atoms with Crippen LogP contribution in [0.4, 0.5) is 10.1 Å². The summed E-state index contributed by atoms with van der Waals surface area (Å²) in [5, 5.41) is 18.7. The van der Waals surface area contributed by atoms with Crippen LogP contribution in [0, 0.1) is 5.82 Å². The summed E-state index contributed by atoms with van der Waals surface area (Å²) in [6.07, 6.45) is 1.49. The Labute approximate surface area is 113 Å². The molecule has 1 unspecified atom stereocenters. The molecular weight excluding hydrogens is 265 g/mol. The monoisotopic (exact) mass is 275 g/mol. The van der Waals surface area contributed by atoms with Crippen LogP contribution < -0.4 is 4.90 Å². The number of aliphatic carboxylic acids is 1. The smallest absolute Gasteiger partial charge is 0.352 e. The summed E-state index contributed by atoms with van der Waals surface area (Å²) in [6.45, 7) is -0.263. The van der Waals surface area contributed by atoms with Crippen molar-refractivity contribution in [2.24, 2.45) is 0 Å². The Morgan fingerprint density at radius 1 is 1.50 bits per heavy atom. The summed E-state index contributed by atoms with van der Waals surface area (Å²) in [6, 6.07) is 2.01. The Morgan fingerprint density at radius 2 is 2.25 bits per heavy atom. The number of hydrogen-bond acceptors (Lipinski definition) is 4. The molecule has 1 atom stereocenters. The van der Waals surface area contributed by atoms with E-state index in [0.717, 1.165) is 6.08 Å². The van der Waals surface area contributed by atoms with Crippen molar-refractivity contribution >= 4 is 23.2 Å². The van der Waals surface area contributed by atoms with Crippen molar-refractivity contribution in [3.63, 3.8) is 0 Å². The third-order valence-corrected chi connectivity index (χ3v) is 3.59. The summed E-state index contributed by atoms with van der Waals surface area (Å²) in [7, 11) is 0. The second kappa shape index (κ2) is 4.30. The van der Waals surface area contributed by atoms with Gasteiger partial charge in [-0.05, 0) is 30.2 Å². The lowest BCUT2D eigenvalue weighted by Gasteiger charge is -2.31. The van der Waals surface area contributed by atoms with E-state index >= 15 is 0 Å². The highest BCUT2D eigenvalue weighted by Gasteiger charge is 2.39. The van der Waals surface area contributed by atoms with E-state index in [1.807, 2.05) is 0 Å². The van der Waals surface area contributed by atoms with Gasteiger partial charge in [-0.25, -0.2) is 14.0 Å². The molecule has 102 valence electrons. The lowest BCUT2D eigenvalue weighted by molar-refractivity contribution is -0.132. The van der Waals surface area contributed by atoms with Crippen molar-refractivity contribution in [2.45, 2.75) is 12.5 Å². The van der Waals surface area contributed by atoms with E-state index < -0.39 is 17.8 Å². The molecule has 0 radical (unpaired) electrons. The highest BCUT2D eigenvalue weighted by Crippen LogP contribution is 2.44. The minimum atomic E-state index is -1.21. The van der Waals surface area contributed by atoms with Crippen LogP contribution >= 0.6 is 0 Å². The lowest BCUT2D eigenvalue weighted by atomic mass is 9.97. The zero-order valence-electron chi connectivity index (χ0n) is 10.3. The molecule has 3 rings (SSSR count). The van der Waals surface area contributed by atoms with Crippen molar-refractivity contribution in [2.75, 3.05) is 11.5 Å². The fourth-order valence-corrected chi connectivity index (χ4v) is 2.83. The maximum absolute atomic E-state index is 13.6. The summed E-state index contributed by atoms with van der Waals surface area (Å²) >= 11 is 0. The molecule has 2 aliphatic rings. The number of carbonyl (C=O) groups is 1. The number of halogens is 1. The minimum Gasteiger partial charge on any atom is -0.477 e. The Bertz CT molecular complexity index is 703. The lowest BCUT2D eigenvalue weighted by Crippen LogP contribution is -2.38. The van der Waals surface area contributed by atoms with Crippen molar-refractivity contribution in [3.05, 3.63) is 40.8 Å². The van der Waals surface area contributed by atoms with Crippen LogP contribution in [-0.4, -0.2) is 34.8 Å². The fourth-order valence-electron chi connectivity index (χ4n) is 2.83. The number of nitrogens with zero attached hydrogens (tertiary/aromatic N) is 1. The van der Waals surface area contributed by atoms with E-state index in [1.54, 1.807) is 5.94 Å². The zero-order chi connectivity index (χ0) is 14.4. The van der Waals surface area contributed by atoms with Crippen molar-refractivity contribution in [3.8, 4) is 0 Å². The third kappa shape index (κ3) is 1.59.